The van der Waals surface area contributed by atoms with Crippen molar-refractivity contribution < 1.29 is 28.6 Å². The molecule has 6 nitrogen and oxygen atoms in total. The highest BCUT2D eigenvalue weighted by Gasteiger charge is 2.19. The van der Waals surface area contributed by atoms with E-state index >= 15 is 0 Å². The van der Waals surface area contributed by atoms with E-state index in [1.807, 2.05) is 0 Å². The molecule has 0 spiro atoms. The molecule has 0 N–H and O–H groups in total. The lowest BCUT2D eigenvalue weighted by Crippen LogP contribution is -2.30. The molecule has 0 fully saturated rings. The van der Waals surface area contributed by atoms with Crippen molar-refractivity contribution in [3.63, 3.8) is 0 Å². The number of carbonyl (C=O) groups excluding carboxylic acids is 3. The van der Waals surface area contributed by atoms with Gasteiger partial charge >= 0.3 is 17.9 Å². The van der Waals surface area contributed by atoms with Crippen molar-refractivity contribution in [2.45, 2.75) is 297 Å². The lowest BCUT2D eigenvalue weighted by Gasteiger charge is -2.18. The van der Waals surface area contributed by atoms with Crippen LogP contribution in [0.5, 0.6) is 0 Å². The van der Waals surface area contributed by atoms with Crippen molar-refractivity contribution in [3.8, 4) is 0 Å². The molecule has 0 amide bonds. The maximum Gasteiger partial charge on any atom is 0.306 e. The first-order chi connectivity index (χ1) is 34.0. The summed E-state index contributed by atoms with van der Waals surface area (Å²) in [5.41, 5.74) is 0. The molecule has 0 bridgehead atoms. The van der Waals surface area contributed by atoms with Gasteiger partial charge in [-0.15, -0.1) is 0 Å². The Hall–Kier alpha value is -3.15. The Balaban J connectivity index is 4.40. The summed E-state index contributed by atoms with van der Waals surface area (Å²) in [4.78, 5) is 38.2. The number of esters is 3. The summed E-state index contributed by atoms with van der Waals surface area (Å²) in [7, 11) is 0. The molecule has 6 heteroatoms. The van der Waals surface area contributed by atoms with Crippen LogP contribution in [0.2, 0.25) is 0 Å². The average Bonchev–Trinajstić information content (AvgIpc) is 3.35. The van der Waals surface area contributed by atoms with Gasteiger partial charge in [0.2, 0.25) is 0 Å². The second-order valence-electron chi connectivity index (χ2n) is 19.5. The van der Waals surface area contributed by atoms with Gasteiger partial charge in [-0.2, -0.15) is 0 Å². The van der Waals surface area contributed by atoms with Gasteiger partial charge in [0.05, 0.1) is 0 Å². The third kappa shape index (κ3) is 55.6. The Labute approximate surface area is 427 Å². The topological polar surface area (TPSA) is 78.9 Å². The molecule has 0 aromatic rings. The van der Waals surface area contributed by atoms with Crippen LogP contribution in [0.3, 0.4) is 0 Å². The van der Waals surface area contributed by atoms with Crippen molar-refractivity contribution >= 4 is 17.9 Å². The Kier molecular flexibility index (Phi) is 54.8. The first-order valence-corrected chi connectivity index (χ1v) is 29.4. The minimum Gasteiger partial charge on any atom is -0.462 e. The van der Waals surface area contributed by atoms with Crippen molar-refractivity contribution in [1.29, 1.82) is 0 Å². The maximum absolute atomic E-state index is 12.9. The summed E-state index contributed by atoms with van der Waals surface area (Å²) in [6.45, 7) is 6.51. The number of hydrogen-bond donors (Lipinski definition) is 0. The fourth-order valence-corrected chi connectivity index (χ4v) is 8.25. The third-order valence-electron chi connectivity index (χ3n) is 12.7. The van der Waals surface area contributed by atoms with E-state index in [2.05, 4.69) is 93.7 Å². The molecule has 69 heavy (non-hydrogen) atoms. The van der Waals surface area contributed by atoms with Gasteiger partial charge in [0, 0.05) is 19.3 Å². The molecule has 0 aliphatic heterocycles. The molecule has 0 saturated heterocycles. The SMILES string of the molecule is CC/C=C\C/C=C\C/C=C\C/C=C\CCCCCCCCC(=O)OCC(COC(=O)CCCCC/C=C\CCCCCCCC)OC(=O)CCCCCCCCC/C=C\CCCCCCCCCC. The summed E-state index contributed by atoms with van der Waals surface area (Å²) >= 11 is 0. The summed E-state index contributed by atoms with van der Waals surface area (Å²) in [6, 6.07) is 0. The van der Waals surface area contributed by atoms with Gasteiger partial charge in [0.25, 0.3) is 0 Å². The monoisotopic (exact) mass is 963 g/mol. The molecule has 0 rings (SSSR count). The van der Waals surface area contributed by atoms with Gasteiger partial charge in [-0.3, -0.25) is 14.4 Å². The Morgan fingerprint density at radius 2 is 0.565 bits per heavy atom. The Morgan fingerprint density at radius 1 is 0.304 bits per heavy atom. The first-order valence-electron chi connectivity index (χ1n) is 29.4. The quantitative estimate of drug-likeness (QED) is 0.0262. The van der Waals surface area contributed by atoms with Crippen molar-refractivity contribution in [2.24, 2.45) is 0 Å². The number of rotatable bonds is 53. The van der Waals surface area contributed by atoms with E-state index in [1.165, 1.54) is 148 Å². The van der Waals surface area contributed by atoms with Crippen LogP contribution >= 0.6 is 0 Å². The van der Waals surface area contributed by atoms with Gasteiger partial charge in [0.15, 0.2) is 6.10 Å². The van der Waals surface area contributed by atoms with E-state index in [-0.39, 0.29) is 31.1 Å². The zero-order valence-electron chi connectivity index (χ0n) is 45.6. The lowest BCUT2D eigenvalue weighted by atomic mass is 10.1. The second-order valence-corrected chi connectivity index (χ2v) is 19.5. The highest BCUT2D eigenvalue weighted by molar-refractivity contribution is 5.71. The van der Waals surface area contributed by atoms with Gasteiger partial charge < -0.3 is 14.2 Å². The summed E-state index contributed by atoms with van der Waals surface area (Å²) in [5, 5.41) is 0. The molecule has 0 heterocycles. The van der Waals surface area contributed by atoms with E-state index in [9.17, 15) is 14.4 Å². The molecule has 398 valence electrons. The predicted molar refractivity (Wildman–Crippen MR) is 298 cm³/mol. The van der Waals surface area contributed by atoms with Crippen LogP contribution < -0.4 is 0 Å². The molecule has 0 aromatic carbocycles. The molecular formula is C63H110O6. The molecule has 1 atom stereocenters. The standard InChI is InChI=1S/C63H110O6/c1-4-7-10-13-16-19-22-25-27-29-31-33-35-38-41-44-47-50-53-56-62(65)68-59-60(58-67-61(64)55-52-49-46-43-40-37-24-21-18-15-12-9-6-3)69-63(66)57-54-51-48-45-42-39-36-34-32-30-28-26-23-20-17-14-11-8-5-2/h7,10,16,19,25,27,30-33,37,40,60H,4-6,8-9,11-15,17-18,20-24,26,28-29,34-36,38-39,41-59H2,1-3H3/b10-7-,19-16-,27-25-,32-30-,33-31-,40-37-. The smallest absolute Gasteiger partial charge is 0.306 e. The van der Waals surface area contributed by atoms with Crippen molar-refractivity contribution in [3.05, 3.63) is 72.9 Å². The molecule has 0 radical (unpaired) electrons. The van der Waals surface area contributed by atoms with Gasteiger partial charge in [-0.25, -0.2) is 0 Å². The number of carbonyl (C=O) groups is 3. The van der Waals surface area contributed by atoms with Crippen LogP contribution in [0.1, 0.15) is 290 Å². The fraction of sp³-hybridized carbons (Fsp3) is 0.762. The fourth-order valence-electron chi connectivity index (χ4n) is 8.25. The number of allylic oxidation sites excluding steroid dienone is 12. The van der Waals surface area contributed by atoms with Crippen LogP contribution in [-0.2, 0) is 28.6 Å². The van der Waals surface area contributed by atoms with Crippen LogP contribution in [0.25, 0.3) is 0 Å². The van der Waals surface area contributed by atoms with E-state index in [0.717, 1.165) is 103 Å². The van der Waals surface area contributed by atoms with Crippen molar-refractivity contribution in [1.82, 2.24) is 0 Å². The average molecular weight is 964 g/mol. The number of unbranched alkanes of at least 4 members (excludes halogenated alkanes) is 30. The largest absolute Gasteiger partial charge is 0.462 e. The van der Waals surface area contributed by atoms with Crippen molar-refractivity contribution in [2.75, 3.05) is 13.2 Å². The highest BCUT2D eigenvalue weighted by atomic mass is 16.6. The lowest BCUT2D eigenvalue weighted by molar-refractivity contribution is -0.167. The first kappa shape index (κ1) is 65.8. The van der Waals surface area contributed by atoms with Crippen LogP contribution in [-0.4, -0.2) is 37.2 Å². The zero-order chi connectivity index (χ0) is 50.0. The number of ether oxygens (including phenoxy) is 3. The molecule has 0 aliphatic carbocycles. The second kappa shape index (κ2) is 57.4. The predicted octanol–water partition coefficient (Wildman–Crippen LogP) is 19.8. The Morgan fingerprint density at radius 3 is 0.913 bits per heavy atom. The summed E-state index contributed by atoms with van der Waals surface area (Å²) < 4.78 is 16.9. The minimum atomic E-state index is -0.790. The maximum atomic E-state index is 12.9. The van der Waals surface area contributed by atoms with E-state index in [4.69, 9.17) is 14.2 Å². The molecule has 0 aliphatic rings. The highest BCUT2D eigenvalue weighted by Crippen LogP contribution is 2.15. The zero-order valence-corrected chi connectivity index (χ0v) is 45.6. The summed E-state index contributed by atoms with van der Waals surface area (Å²) in [6.07, 6.45) is 73.2. The van der Waals surface area contributed by atoms with E-state index < -0.39 is 6.10 Å². The molecule has 1 unspecified atom stereocenters. The van der Waals surface area contributed by atoms with Gasteiger partial charge in [-0.05, 0) is 109 Å². The van der Waals surface area contributed by atoms with Gasteiger partial charge in [-0.1, -0.05) is 235 Å². The summed E-state index contributed by atoms with van der Waals surface area (Å²) in [5.74, 6) is -0.913. The minimum absolute atomic E-state index is 0.0887. The molecular weight excluding hydrogens is 853 g/mol. The van der Waals surface area contributed by atoms with Crippen LogP contribution in [0, 0.1) is 0 Å². The normalized spacial score (nSPS) is 12.6. The van der Waals surface area contributed by atoms with Crippen LogP contribution in [0.4, 0.5) is 0 Å². The molecule has 0 aromatic heterocycles. The van der Waals surface area contributed by atoms with Gasteiger partial charge in [0.1, 0.15) is 13.2 Å². The Bertz CT molecular complexity index is 1290. The van der Waals surface area contributed by atoms with Crippen LogP contribution in [0.15, 0.2) is 72.9 Å². The third-order valence-corrected chi connectivity index (χ3v) is 12.7. The molecule has 0 saturated carbocycles. The van der Waals surface area contributed by atoms with E-state index in [1.54, 1.807) is 0 Å². The number of hydrogen-bond acceptors (Lipinski definition) is 6. The van der Waals surface area contributed by atoms with E-state index in [0.29, 0.717) is 19.3 Å².